The SMILES string of the molecule is [CH2]CCOCCCCCC=C(F)F. The summed E-state index contributed by atoms with van der Waals surface area (Å²) in [5, 5.41) is 0. The molecule has 0 unspecified atom stereocenters. The Bertz CT molecular complexity index is 131. The molecule has 77 valence electrons. The third-order valence-corrected chi connectivity index (χ3v) is 1.58. The fourth-order valence-corrected chi connectivity index (χ4v) is 0.941. The Morgan fingerprint density at radius 2 is 1.92 bits per heavy atom. The van der Waals surface area contributed by atoms with Crippen LogP contribution in [-0.4, -0.2) is 13.2 Å². The highest BCUT2D eigenvalue weighted by Crippen LogP contribution is 2.05. The molecular formula is C10H17F2O. The topological polar surface area (TPSA) is 9.23 Å². The zero-order valence-corrected chi connectivity index (χ0v) is 7.90. The van der Waals surface area contributed by atoms with Gasteiger partial charge in [-0.3, -0.25) is 0 Å². The molecule has 0 rings (SSSR count). The Balaban J connectivity index is 2.96. The highest BCUT2D eigenvalue weighted by molar-refractivity contribution is 4.79. The molecule has 1 radical (unpaired) electrons. The summed E-state index contributed by atoms with van der Waals surface area (Å²) in [5.74, 6) is 0. The first-order valence-corrected chi connectivity index (χ1v) is 4.65. The van der Waals surface area contributed by atoms with Gasteiger partial charge in [-0.2, -0.15) is 8.78 Å². The molecule has 0 N–H and O–H groups in total. The number of halogens is 2. The minimum absolute atomic E-state index is 0.470. The van der Waals surface area contributed by atoms with E-state index in [1.807, 2.05) is 0 Å². The largest absolute Gasteiger partial charge is 0.381 e. The minimum atomic E-state index is -1.58. The lowest BCUT2D eigenvalue weighted by Gasteiger charge is -2.00. The molecule has 1 nitrogen and oxygen atoms in total. The predicted molar refractivity (Wildman–Crippen MR) is 49.6 cm³/mol. The van der Waals surface area contributed by atoms with Crippen molar-refractivity contribution in [2.75, 3.05) is 13.2 Å². The van der Waals surface area contributed by atoms with Crippen LogP contribution in [0.3, 0.4) is 0 Å². The zero-order valence-electron chi connectivity index (χ0n) is 7.90. The van der Waals surface area contributed by atoms with Crippen LogP contribution in [0, 0.1) is 6.92 Å². The number of unbranched alkanes of at least 4 members (excludes halogenated alkanes) is 3. The molecule has 0 amide bonds. The fourth-order valence-electron chi connectivity index (χ4n) is 0.941. The van der Waals surface area contributed by atoms with Gasteiger partial charge in [-0.25, -0.2) is 0 Å². The zero-order chi connectivity index (χ0) is 9.94. The van der Waals surface area contributed by atoms with Crippen LogP contribution in [0.1, 0.15) is 32.1 Å². The second-order valence-corrected chi connectivity index (χ2v) is 2.81. The van der Waals surface area contributed by atoms with Gasteiger partial charge in [0.05, 0.1) is 0 Å². The molecular weight excluding hydrogens is 174 g/mol. The van der Waals surface area contributed by atoms with Gasteiger partial charge < -0.3 is 4.74 Å². The van der Waals surface area contributed by atoms with E-state index < -0.39 is 6.08 Å². The van der Waals surface area contributed by atoms with Crippen molar-refractivity contribution in [2.24, 2.45) is 0 Å². The monoisotopic (exact) mass is 191 g/mol. The van der Waals surface area contributed by atoms with E-state index in [1.54, 1.807) is 0 Å². The quantitative estimate of drug-likeness (QED) is 0.533. The maximum atomic E-state index is 11.5. The van der Waals surface area contributed by atoms with Crippen molar-refractivity contribution in [3.8, 4) is 0 Å². The molecule has 0 aliphatic heterocycles. The van der Waals surface area contributed by atoms with Crippen LogP contribution in [-0.2, 0) is 4.74 Å². The van der Waals surface area contributed by atoms with Gasteiger partial charge in [0.15, 0.2) is 0 Å². The number of ether oxygens (including phenoxy) is 1. The summed E-state index contributed by atoms with van der Waals surface area (Å²) >= 11 is 0. The first-order chi connectivity index (χ1) is 6.27. The van der Waals surface area contributed by atoms with Crippen molar-refractivity contribution >= 4 is 0 Å². The van der Waals surface area contributed by atoms with Crippen molar-refractivity contribution in [2.45, 2.75) is 32.1 Å². The van der Waals surface area contributed by atoms with Crippen LogP contribution < -0.4 is 0 Å². The Labute approximate surface area is 78.8 Å². The first kappa shape index (κ1) is 12.6. The van der Waals surface area contributed by atoms with E-state index in [0.717, 1.165) is 38.4 Å². The predicted octanol–water partition coefficient (Wildman–Crippen LogP) is 3.57. The molecule has 0 aromatic carbocycles. The van der Waals surface area contributed by atoms with E-state index in [4.69, 9.17) is 4.74 Å². The summed E-state index contributed by atoms with van der Waals surface area (Å²) in [4.78, 5) is 0. The molecule has 0 saturated carbocycles. The van der Waals surface area contributed by atoms with Gasteiger partial charge in [-0.1, -0.05) is 13.3 Å². The van der Waals surface area contributed by atoms with Crippen molar-refractivity contribution in [1.82, 2.24) is 0 Å². The average molecular weight is 191 g/mol. The fraction of sp³-hybridized carbons (Fsp3) is 0.700. The van der Waals surface area contributed by atoms with Crippen LogP contribution in [0.2, 0.25) is 0 Å². The van der Waals surface area contributed by atoms with Gasteiger partial charge in [0.2, 0.25) is 0 Å². The van der Waals surface area contributed by atoms with Gasteiger partial charge >= 0.3 is 0 Å². The third-order valence-electron chi connectivity index (χ3n) is 1.58. The summed E-state index contributed by atoms with van der Waals surface area (Å²) in [6, 6.07) is 0. The van der Waals surface area contributed by atoms with Gasteiger partial charge in [0.25, 0.3) is 6.08 Å². The van der Waals surface area contributed by atoms with E-state index in [-0.39, 0.29) is 0 Å². The minimum Gasteiger partial charge on any atom is -0.381 e. The molecule has 0 atom stereocenters. The summed E-state index contributed by atoms with van der Waals surface area (Å²) in [6.45, 7) is 5.05. The lowest BCUT2D eigenvalue weighted by atomic mass is 10.2. The van der Waals surface area contributed by atoms with Crippen molar-refractivity contribution in [1.29, 1.82) is 0 Å². The van der Waals surface area contributed by atoms with Crippen LogP contribution >= 0.6 is 0 Å². The normalized spacial score (nSPS) is 10.1. The van der Waals surface area contributed by atoms with E-state index in [1.165, 1.54) is 0 Å². The average Bonchev–Trinajstić information content (AvgIpc) is 2.09. The Kier molecular flexibility index (Phi) is 9.32. The van der Waals surface area contributed by atoms with Gasteiger partial charge in [0.1, 0.15) is 0 Å². The highest BCUT2D eigenvalue weighted by Gasteiger charge is 1.90. The maximum Gasteiger partial charge on any atom is 0.266 e. The molecule has 0 spiro atoms. The summed E-state index contributed by atoms with van der Waals surface area (Å²) in [6.07, 6.45) is 3.35. The molecule has 0 aliphatic carbocycles. The smallest absolute Gasteiger partial charge is 0.266 e. The van der Waals surface area contributed by atoms with Gasteiger partial charge in [-0.05, 0) is 31.8 Å². The van der Waals surface area contributed by atoms with Crippen LogP contribution in [0.4, 0.5) is 8.78 Å². The molecule has 0 saturated heterocycles. The highest BCUT2D eigenvalue weighted by atomic mass is 19.3. The number of allylic oxidation sites excluding steroid dienone is 1. The standard InChI is InChI=1S/C10H17F2O/c1-2-8-13-9-6-4-3-5-7-10(11)12/h7H,1-6,8-9H2. The van der Waals surface area contributed by atoms with E-state index in [2.05, 4.69) is 6.92 Å². The number of rotatable bonds is 8. The van der Waals surface area contributed by atoms with Gasteiger partial charge in [0, 0.05) is 13.2 Å². The van der Waals surface area contributed by atoms with E-state index >= 15 is 0 Å². The molecule has 0 aromatic heterocycles. The molecule has 3 heteroatoms. The van der Waals surface area contributed by atoms with Gasteiger partial charge in [-0.15, -0.1) is 0 Å². The molecule has 0 aromatic rings. The van der Waals surface area contributed by atoms with E-state index in [0.29, 0.717) is 13.0 Å². The lowest BCUT2D eigenvalue weighted by Crippen LogP contribution is -1.95. The third kappa shape index (κ3) is 11.6. The molecule has 0 fully saturated rings. The molecule has 0 heterocycles. The van der Waals surface area contributed by atoms with Crippen molar-refractivity contribution in [3.63, 3.8) is 0 Å². The van der Waals surface area contributed by atoms with Crippen molar-refractivity contribution < 1.29 is 13.5 Å². The number of hydrogen-bond donors (Lipinski definition) is 0. The Morgan fingerprint density at radius 1 is 1.15 bits per heavy atom. The summed E-state index contributed by atoms with van der Waals surface area (Å²) in [5.41, 5.74) is 0. The molecule has 0 bridgehead atoms. The molecule has 13 heavy (non-hydrogen) atoms. The molecule has 0 aliphatic rings. The second kappa shape index (κ2) is 9.65. The maximum absolute atomic E-state index is 11.5. The number of hydrogen-bond acceptors (Lipinski definition) is 1. The first-order valence-electron chi connectivity index (χ1n) is 4.65. The lowest BCUT2D eigenvalue weighted by molar-refractivity contribution is 0.134. The van der Waals surface area contributed by atoms with Crippen LogP contribution in [0.5, 0.6) is 0 Å². The van der Waals surface area contributed by atoms with Crippen LogP contribution in [0.25, 0.3) is 0 Å². The Hall–Kier alpha value is -0.440. The Morgan fingerprint density at radius 3 is 2.54 bits per heavy atom. The summed E-state index contributed by atoms with van der Waals surface area (Å²) < 4.78 is 28.3. The van der Waals surface area contributed by atoms with E-state index in [9.17, 15) is 8.78 Å². The summed E-state index contributed by atoms with van der Waals surface area (Å²) in [7, 11) is 0. The van der Waals surface area contributed by atoms with Crippen LogP contribution in [0.15, 0.2) is 12.2 Å². The second-order valence-electron chi connectivity index (χ2n) is 2.81. The van der Waals surface area contributed by atoms with Crippen molar-refractivity contribution in [3.05, 3.63) is 19.1 Å².